The molecule has 0 fully saturated rings. The van der Waals surface area contributed by atoms with E-state index in [1.807, 2.05) is 13.8 Å². The lowest BCUT2D eigenvalue weighted by atomic mass is 10.9. The molecule has 0 rings (SSSR count). The van der Waals surface area contributed by atoms with Gasteiger partial charge in [0.15, 0.2) is 9.03 Å². The van der Waals surface area contributed by atoms with Crippen molar-refractivity contribution in [2.75, 3.05) is 13.2 Å². The van der Waals surface area contributed by atoms with E-state index in [2.05, 4.69) is 0 Å². The maximum Gasteiger partial charge on any atom is 0.155 e. The van der Waals surface area contributed by atoms with Crippen molar-refractivity contribution in [3.8, 4) is 0 Å². The first kappa shape index (κ1) is 7.35. The summed E-state index contributed by atoms with van der Waals surface area (Å²) in [5.41, 5.74) is 0. The van der Waals surface area contributed by atoms with Gasteiger partial charge in [-0.15, -0.1) is 0 Å². The average Bonchev–Trinajstić information content (AvgIpc) is 1.69. The van der Waals surface area contributed by atoms with Gasteiger partial charge in [0.25, 0.3) is 0 Å². The summed E-state index contributed by atoms with van der Waals surface area (Å²) < 4.78 is 9.76. The maximum absolute atomic E-state index is 4.88. The second-order valence-electron chi connectivity index (χ2n) is 0.949. The van der Waals surface area contributed by atoms with Crippen LogP contribution in [0, 0.1) is 0 Å². The zero-order valence-electron chi connectivity index (χ0n) is 4.73. The lowest BCUT2D eigenvalue weighted by molar-refractivity contribution is 0.288. The molecular formula is C4H11O2P. The minimum Gasteiger partial charge on any atom is -0.337 e. The van der Waals surface area contributed by atoms with E-state index in [4.69, 9.17) is 9.05 Å². The van der Waals surface area contributed by atoms with E-state index in [-0.39, 0.29) is 9.03 Å². The predicted octanol–water partition coefficient (Wildman–Crippen LogP) is 1.57. The molecule has 0 radical (unpaired) electrons. The molecule has 0 spiro atoms. The summed E-state index contributed by atoms with van der Waals surface area (Å²) in [4.78, 5) is 0. The van der Waals surface area contributed by atoms with E-state index in [9.17, 15) is 0 Å². The molecule has 0 N–H and O–H groups in total. The van der Waals surface area contributed by atoms with Crippen LogP contribution in [0.5, 0.6) is 0 Å². The van der Waals surface area contributed by atoms with Gasteiger partial charge in [0.2, 0.25) is 0 Å². The fraction of sp³-hybridized carbons (Fsp3) is 1.00. The van der Waals surface area contributed by atoms with Crippen molar-refractivity contribution >= 4 is 9.03 Å². The first-order chi connectivity index (χ1) is 3.41. The minimum atomic E-state index is 0.232. The first-order valence-electron chi connectivity index (χ1n) is 2.40. The van der Waals surface area contributed by atoms with Gasteiger partial charge in [0, 0.05) is 0 Å². The summed E-state index contributed by atoms with van der Waals surface area (Å²) >= 11 is 0. The van der Waals surface area contributed by atoms with Crippen LogP contribution in [-0.4, -0.2) is 13.2 Å². The second kappa shape index (κ2) is 6.35. The number of rotatable bonds is 4. The summed E-state index contributed by atoms with van der Waals surface area (Å²) in [6.07, 6.45) is 0. The molecule has 0 aliphatic carbocycles. The molecule has 0 aromatic rings. The van der Waals surface area contributed by atoms with Gasteiger partial charge >= 0.3 is 0 Å². The van der Waals surface area contributed by atoms with Gasteiger partial charge < -0.3 is 9.05 Å². The summed E-state index contributed by atoms with van der Waals surface area (Å²) in [6, 6.07) is 0. The van der Waals surface area contributed by atoms with Crippen LogP contribution in [-0.2, 0) is 9.05 Å². The smallest absolute Gasteiger partial charge is 0.155 e. The van der Waals surface area contributed by atoms with Gasteiger partial charge in [-0.2, -0.15) is 0 Å². The fourth-order valence-corrected chi connectivity index (χ4v) is 0.479. The highest BCUT2D eigenvalue weighted by atomic mass is 31.1. The van der Waals surface area contributed by atoms with E-state index >= 15 is 0 Å². The second-order valence-corrected chi connectivity index (χ2v) is 1.69. The third kappa shape index (κ3) is 6.35. The molecule has 0 aromatic heterocycles. The van der Waals surface area contributed by atoms with E-state index in [1.165, 1.54) is 0 Å². The number of hydrogen-bond acceptors (Lipinski definition) is 2. The summed E-state index contributed by atoms with van der Waals surface area (Å²) in [5, 5.41) is 0. The Morgan fingerprint density at radius 2 is 1.57 bits per heavy atom. The Hall–Kier alpha value is 0.350. The van der Waals surface area contributed by atoms with Crippen molar-refractivity contribution in [1.82, 2.24) is 0 Å². The summed E-state index contributed by atoms with van der Waals surface area (Å²) in [6.45, 7) is 5.40. The first-order valence-corrected chi connectivity index (χ1v) is 3.22. The monoisotopic (exact) mass is 122 g/mol. The molecule has 0 bridgehead atoms. The summed E-state index contributed by atoms with van der Waals surface area (Å²) in [5.74, 6) is 0. The Kier molecular flexibility index (Phi) is 6.67. The highest BCUT2D eigenvalue weighted by Gasteiger charge is 1.77. The van der Waals surface area contributed by atoms with E-state index in [1.54, 1.807) is 0 Å². The van der Waals surface area contributed by atoms with Gasteiger partial charge in [-0.1, -0.05) is 0 Å². The Morgan fingerprint density at radius 1 is 1.14 bits per heavy atom. The van der Waals surface area contributed by atoms with E-state index in [0.717, 1.165) is 13.2 Å². The average molecular weight is 122 g/mol. The molecule has 44 valence electrons. The molecule has 0 aromatic carbocycles. The molecule has 0 saturated heterocycles. The molecule has 2 nitrogen and oxygen atoms in total. The van der Waals surface area contributed by atoms with Crippen molar-refractivity contribution in [1.29, 1.82) is 0 Å². The third-order valence-corrected chi connectivity index (χ3v) is 1.22. The zero-order chi connectivity index (χ0) is 5.54. The van der Waals surface area contributed by atoms with Crippen molar-refractivity contribution < 1.29 is 9.05 Å². The van der Waals surface area contributed by atoms with Crippen molar-refractivity contribution in [2.45, 2.75) is 13.8 Å². The molecule has 0 atom stereocenters. The Bertz CT molecular complexity index is 28.9. The van der Waals surface area contributed by atoms with Crippen LogP contribution in [0.2, 0.25) is 0 Å². The molecule has 0 heterocycles. The molecule has 7 heavy (non-hydrogen) atoms. The van der Waals surface area contributed by atoms with Crippen molar-refractivity contribution in [2.24, 2.45) is 0 Å². The van der Waals surface area contributed by atoms with Crippen LogP contribution < -0.4 is 0 Å². The van der Waals surface area contributed by atoms with Crippen molar-refractivity contribution in [3.05, 3.63) is 0 Å². The zero-order valence-corrected chi connectivity index (χ0v) is 5.73. The van der Waals surface area contributed by atoms with Gasteiger partial charge in [-0.05, 0) is 13.8 Å². The maximum atomic E-state index is 4.88. The third-order valence-electron chi connectivity index (χ3n) is 0.407. The Balaban J connectivity index is 2.45. The molecule has 0 aliphatic rings. The largest absolute Gasteiger partial charge is 0.337 e. The molecule has 0 saturated carbocycles. The lowest BCUT2D eigenvalue weighted by Crippen LogP contribution is -1.78. The van der Waals surface area contributed by atoms with Gasteiger partial charge in [-0.3, -0.25) is 0 Å². The quantitative estimate of drug-likeness (QED) is 0.416. The van der Waals surface area contributed by atoms with Crippen LogP contribution >= 0.6 is 9.03 Å². The lowest BCUT2D eigenvalue weighted by Gasteiger charge is -1.96. The van der Waals surface area contributed by atoms with Crippen molar-refractivity contribution in [3.63, 3.8) is 0 Å². The standard InChI is InChI=1S/C4H11O2P/c1-3-5-7-6-4-2/h7H,3-4H2,1-2H3. The van der Waals surface area contributed by atoms with Gasteiger partial charge in [0.1, 0.15) is 0 Å². The topological polar surface area (TPSA) is 18.5 Å². The molecule has 0 aliphatic heterocycles. The Morgan fingerprint density at radius 3 is 1.86 bits per heavy atom. The Labute approximate surface area is 46.1 Å². The predicted molar refractivity (Wildman–Crippen MR) is 31.6 cm³/mol. The van der Waals surface area contributed by atoms with Crippen LogP contribution in [0.4, 0.5) is 0 Å². The molecular weight excluding hydrogens is 111 g/mol. The fourth-order valence-electron chi connectivity index (χ4n) is 0.160. The van der Waals surface area contributed by atoms with Crippen LogP contribution in [0.25, 0.3) is 0 Å². The number of hydrogen-bond donors (Lipinski definition) is 0. The molecule has 0 amide bonds. The van der Waals surface area contributed by atoms with E-state index in [0.29, 0.717) is 0 Å². The molecule has 3 heteroatoms. The SMILES string of the molecule is CCOPOCC. The summed E-state index contributed by atoms with van der Waals surface area (Å²) in [7, 11) is 0.232. The highest BCUT2D eigenvalue weighted by Crippen LogP contribution is 2.10. The van der Waals surface area contributed by atoms with Gasteiger partial charge in [-0.25, -0.2) is 0 Å². The van der Waals surface area contributed by atoms with Crippen LogP contribution in [0.3, 0.4) is 0 Å². The van der Waals surface area contributed by atoms with E-state index < -0.39 is 0 Å². The van der Waals surface area contributed by atoms with Crippen LogP contribution in [0.15, 0.2) is 0 Å². The van der Waals surface area contributed by atoms with Crippen LogP contribution in [0.1, 0.15) is 13.8 Å². The molecule has 0 unspecified atom stereocenters. The highest BCUT2D eigenvalue weighted by molar-refractivity contribution is 7.26. The normalized spacial score (nSPS) is 9.43. The van der Waals surface area contributed by atoms with Gasteiger partial charge in [0.05, 0.1) is 13.2 Å². The minimum absolute atomic E-state index is 0.232.